The third-order valence-corrected chi connectivity index (χ3v) is 6.08. The quantitative estimate of drug-likeness (QED) is 0.240. The maximum Gasteiger partial charge on any atom is 0.491 e. The molecule has 0 saturated carbocycles. The number of aliphatic carboxylic acids is 1. The maximum absolute atomic E-state index is 13.5. The van der Waals surface area contributed by atoms with Crippen molar-refractivity contribution in [2.75, 3.05) is 6.54 Å². The lowest BCUT2D eigenvalue weighted by atomic mass is 9.77. The van der Waals surface area contributed by atoms with E-state index in [9.17, 15) is 55.9 Å². The van der Waals surface area contributed by atoms with Crippen molar-refractivity contribution in [1.82, 2.24) is 10.6 Å². The van der Waals surface area contributed by atoms with Gasteiger partial charge in [0.05, 0.1) is 24.3 Å². The Labute approximate surface area is 215 Å². The smallest absolute Gasteiger partial charge is 0.480 e. The fourth-order valence-corrected chi connectivity index (χ4v) is 4.16. The first-order chi connectivity index (χ1) is 18.1. The molecule has 18 heteroatoms. The summed E-state index contributed by atoms with van der Waals surface area (Å²) >= 11 is 0. The number of fused-ring (bicyclic) bond motifs is 2. The fraction of sp³-hybridized carbons (Fsp3) is 0.286. The van der Waals surface area contributed by atoms with Crippen LogP contribution in [0.15, 0.2) is 24.3 Å². The first kappa shape index (κ1) is 28.4. The van der Waals surface area contributed by atoms with Gasteiger partial charge in [0.15, 0.2) is 0 Å². The summed E-state index contributed by atoms with van der Waals surface area (Å²) in [5, 5.41) is 33.0. The van der Waals surface area contributed by atoms with E-state index in [1.54, 1.807) is 0 Å². The number of alkyl halides is 6. The van der Waals surface area contributed by atoms with E-state index < -0.39 is 98.0 Å². The number of amides is 2. The minimum absolute atomic E-state index is 0.304. The molecule has 10 nitrogen and oxygen atoms in total. The van der Waals surface area contributed by atoms with Crippen molar-refractivity contribution in [3.63, 3.8) is 0 Å². The van der Waals surface area contributed by atoms with E-state index in [1.807, 2.05) is 10.6 Å². The first-order valence-corrected chi connectivity index (χ1v) is 11.0. The van der Waals surface area contributed by atoms with Gasteiger partial charge in [0.2, 0.25) is 0 Å². The number of rotatable bonds is 6. The molecule has 0 aromatic heterocycles. The predicted octanol–water partition coefficient (Wildman–Crippen LogP) is -0.227. The molecule has 0 bridgehead atoms. The van der Waals surface area contributed by atoms with Crippen molar-refractivity contribution in [3.8, 4) is 0 Å². The number of nitrogens with one attached hydrogen (secondary N) is 2. The van der Waals surface area contributed by atoms with E-state index in [0.717, 1.165) is 12.1 Å². The lowest BCUT2D eigenvalue weighted by Crippen LogP contribution is -2.48. The molecule has 4 rings (SSSR count). The number of carbonyl (C=O) groups is 3. The lowest BCUT2D eigenvalue weighted by molar-refractivity contribution is -0.139. The highest BCUT2D eigenvalue weighted by Crippen LogP contribution is 2.35. The zero-order valence-electron chi connectivity index (χ0n) is 19.3. The van der Waals surface area contributed by atoms with Gasteiger partial charge in [0.1, 0.15) is 6.04 Å². The summed E-state index contributed by atoms with van der Waals surface area (Å²) in [7, 11) is -3.47. The van der Waals surface area contributed by atoms with Gasteiger partial charge in [-0.05, 0) is 46.3 Å². The molecule has 2 heterocycles. The summed E-state index contributed by atoms with van der Waals surface area (Å²) in [6.07, 6.45) is -9.84. The third kappa shape index (κ3) is 5.73. The van der Waals surface area contributed by atoms with Crippen LogP contribution in [0.4, 0.5) is 26.3 Å². The molecule has 0 fully saturated rings. The highest BCUT2D eigenvalue weighted by Gasteiger charge is 2.42. The van der Waals surface area contributed by atoms with Gasteiger partial charge in [0, 0.05) is 17.7 Å². The lowest BCUT2D eigenvalue weighted by Gasteiger charge is -2.18. The highest BCUT2D eigenvalue weighted by atomic mass is 19.4. The summed E-state index contributed by atoms with van der Waals surface area (Å²) in [5.41, 5.74) is -5.17. The van der Waals surface area contributed by atoms with Crippen LogP contribution < -0.4 is 21.6 Å². The molecule has 1 unspecified atom stereocenters. The van der Waals surface area contributed by atoms with Crippen molar-refractivity contribution in [1.29, 1.82) is 0 Å². The largest absolute Gasteiger partial charge is 0.491 e. The first-order valence-electron chi connectivity index (χ1n) is 11.0. The predicted molar refractivity (Wildman–Crippen MR) is 119 cm³/mol. The zero-order chi connectivity index (χ0) is 28.9. The summed E-state index contributed by atoms with van der Waals surface area (Å²) in [5.74, 6) is -4.22. The minimum atomic E-state index is -4.93. The topological polar surface area (TPSA) is 154 Å². The summed E-state index contributed by atoms with van der Waals surface area (Å²) in [4.78, 5) is 36.9. The molecule has 2 amide bonds. The van der Waals surface area contributed by atoms with E-state index in [-0.39, 0.29) is 16.5 Å². The number of carboxylic acids is 1. The monoisotopic (exact) mass is 560 g/mol. The summed E-state index contributed by atoms with van der Waals surface area (Å²) in [6, 6.07) is 0.842. The average Bonchev–Trinajstić information content (AvgIpc) is 3.41. The van der Waals surface area contributed by atoms with Crippen LogP contribution in [-0.2, 0) is 39.7 Å². The van der Waals surface area contributed by atoms with Crippen molar-refractivity contribution in [2.24, 2.45) is 0 Å². The van der Waals surface area contributed by atoms with Crippen LogP contribution in [0.2, 0.25) is 0 Å². The Morgan fingerprint density at radius 2 is 1.26 bits per heavy atom. The van der Waals surface area contributed by atoms with E-state index in [0.29, 0.717) is 12.1 Å². The molecule has 2 aromatic rings. The normalized spacial score (nSPS) is 15.6. The zero-order valence-corrected chi connectivity index (χ0v) is 19.3. The van der Waals surface area contributed by atoms with Crippen molar-refractivity contribution in [3.05, 3.63) is 57.6 Å². The number of carbonyl (C=O) groups excluding carboxylic acids is 2. The number of halogens is 6. The van der Waals surface area contributed by atoms with Crippen LogP contribution in [0.3, 0.4) is 0 Å². The SMILES string of the molecule is O=C(NCC(NC(=O)c1cc2c(c(C(F)(F)F)c1)COB2O)C(=O)O)c1cc2c(c(C(F)(F)F)c1)COB2O. The minimum Gasteiger partial charge on any atom is -0.480 e. The van der Waals surface area contributed by atoms with E-state index in [4.69, 9.17) is 9.31 Å². The van der Waals surface area contributed by atoms with Gasteiger partial charge >= 0.3 is 32.6 Å². The average molecular weight is 560 g/mol. The Morgan fingerprint density at radius 3 is 1.67 bits per heavy atom. The molecule has 2 aromatic carbocycles. The number of hydrogen-bond donors (Lipinski definition) is 5. The van der Waals surface area contributed by atoms with E-state index in [1.165, 1.54) is 0 Å². The second kappa shape index (κ2) is 10.2. The van der Waals surface area contributed by atoms with Gasteiger partial charge in [0.25, 0.3) is 11.8 Å². The Bertz CT molecular complexity index is 1350. The van der Waals surface area contributed by atoms with Crippen molar-refractivity contribution in [2.45, 2.75) is 31.6 Å². The second-order valence-corrected chi connectivity index (χ2v) is 8.58. The highest BCUT2D eigenvalue weighted by molar-refractivity contribution is 6.62. The summed E-state index contributed by atoms with van der Waals surface area (Å²) in [6.45, 7) is -2.00. The van der Waals surface area contributed by atoms with Gasteiger partial charge in [-0.2, -0.15) is 26.3 Å². The maximum atomic E-state index is 13.5. The molecule has 0 spiro atoms. The second-order valence-electron chi connectivity index (χ2n) is 8.58. The molecule has 2 aliphatic heterocycles. The molecule has 39 heavy (non-hydrogen) atoms. The standard InChI is InChI=1S/C21H16B2F6N2O8/c24-20(25,26)12-1-8(3-14-10(12)6-38-22(14)36)17(32)30-5-16(19(34)35)31-18(33)9-2-13(21(27,28)29)11-7-39-23(37)15(11)4-9/h1-4,16,36-37H,5-7H2,(H,30,32)(H,31,33)(H,34,35). The van der Waals surface area contributed by atoms with Crippen LogP contribution >= 0.6 is 0 Å². The molecule has 5 N–H and O–H groups in total. The molecule has 206 valence electrons. The molecular weight excluding hydrogens is 544 g/mol. The Kier molecular flexibility index (Phi) is 7.41. The fourth-order valence-electron chi connectivity index (χ4n) is 4.16. The van der Waals surface area contributed by atoms with Crippen LogP contribution in [0, 0.1) is 0 Å². The van der Waals surface area contributed by atoms with Gasteiger partial charge < -0.3 is 35.1 Å². The van der Waals surface area contributed by atoms with Crippen molar-refractivity contribution >= 4 is 42.9 Å². The van der Waals surface area contributed by atoms with Crippen LogP contribution in [-0.4, -0.2) is 59.8 Å². The Balaban J connectivity index is 1.53. The Hall–Kier alpha value is -3.60. The molecule has 0 aliphatic carbocycles. The number of carboxylic acid groups (broad SMARTS) is 1. The Morgan fingerprint density at radius 1 is 0.821 bits per heavy atom. The third-order valence-electron chi connectivity index (χ3n) is 6.08. The van der Waals surface area contributed by atoms with Gasteiger partial charge in [-0.25, -0.2) is 4.79 Å². The molecule has 1 atom stereocenters. The van der Waals surface area contributed by atoms with Gasteiger partial charge in [-0.15, -0.1) is 0 Å². The molecule has 2 aliphatic rings. The molecular formula is C21H16B2F6N2O8. The number of benzene rings is 2. The van der Waals surface area contributed by atoms with Gasteiger partial charge in [-0.1, -0.05) is 0 Å². The van der Waals surface area contributed by atoms with E-state index in [2.05, 4.69) is 0 Å². The van der Waals surface area contributed by atoms with Crippen LogP contribution in [0.5, 0.6) is 0 Å². The van der Waals surface area contributed by atoms with Crippen LogP contribution in [0.25, 0.3) is 0 Å². The van der Waals surface area contributed by atoms with Crippen molar-refractivity contribution < 1.29 is 65.2 Å². The van der Waals surface area contributed by atoms with Gasteiger partial charge in [-0.3, -0.25) is 9.59 Å². The van der Waals surface area contributed by atoms with E-state index >= 15 is 0 Å². The van der Waals surface area contributed by atoms with Crippen LogP contribution in [0.1, 0.15) is 43.0 Å². The molecule has 0 radical (unpaired) electrons. The summed E-state index contributed by atoms with van der Waals surface area (Å²) < 4.78 is 90.4. The number of hydrogen-bond acceptors (Lipinski definition) is 7. The molecule has 0 saturated heterocycles.